The van der Waals surface area contributed by atoms with E-state index in [1.807, 2.05) is 0 Å². The molecule has 1 aliphatic heterocycles. The van der Waals surface area contributed by atoms with Crippen molar-refractivity contribution in [2.24, 2.45) is 0 Å². The van der Waals surface area contributed by atoms with Crippen LogP contribution in [0.15, 0.2) is 12.2 Å². The van der Waals surface area contributed by atoms with Crippen LogP contribution in [-0.4, -0.2) is 70.9 Å². The Balaban J connectivity index is 0. The van der Waals surface area contributed by atoms with E-state index in [0.29, 0.717) is 18.8 Å². The summed E-state index contributed by atoms with van der Waals surface area (Å²) in [6, 6.07) is 0. The number of carbonyl (C=O) groups excluding carboxylic acids is 1. The van der Waals surface area contributed by atoms with E-state index < -0.39 is 11.9 Å². The molecule has 0 bridgehead atoms. The molecule has 1 fully saturated rings. The Labute approximate surface area is 166 Å². The molecule has 0 aromatic heterocycles. The number of aliphatic hydroxyl groups is 2. The number of hydrogen-bond donors (Lipinski definition) is 4. The lowest BCUT2D eigenvalue weighted by Gasteiger charge is -1.99. The Bertz CT molecular complexity index is 423. The van der Waals surface area contributed by atoms with E-state index in [1.54, 1.807) is 6.92 Å². The van der Waals surface area contributed by atoms with E-state index in [0.717, 1.165) is 38.5 Å². The van der Waals surface area contributed by atoms with E-state index in [9.17, 15) is 14.4 Å². The van der Waals surface area contributed by atoms with Gasteiger partial charge in [0.25, 0.3) is 0 Å². The number of carbonyl (C=O) groups is 3. The van der Waals surface area contributed by atoms with Crippen LogP contribution < -0.4 is 0 Å². The van der Waals surface area contributed by atoms with Gasteiger partial charge < -0.3 is 29.9 Å². The number of rotatable bonds is 13. The molecule has 0 radical (unpaired) electrons. The van der Waals surface area contributed by atoms with Crippen LogP contribution in [0, 0.1) is 0 Å². The highest BCUT2D eigenvalue weighted by atomic mass is 16.6. The first-order valence-electron chi connectivity index (χ1n) is 9.34. The van der Waals surface area contributed by atoms with Gasteiger partial charge in [-0.2, -0.15) is 0 Å². The Hall–Kier alpha value is -1.97. The van der Waals surface area contributed by atoms with Crippen molar-refractivity contribution in [3.63, 3.8) is 0 Å². The van der Waals surface area contributed by atoms with Gasteiger partial charge in [-0.1, -0.05) is 32.3 Å². The van der Waals surface area contributed by atoms with Crippen molar-refractivity contribution in [3.05, 3.63) is 12.2 Å². The molecule has 0 aromatic rings. The quantitative estimate of drug-likeness (QED) is 0.155. The van der Waals surface area contributed by atoms with Crippen LogP contribution in [0.2, 0.25) is 0 Å². The number of unbranched alkanes of at least 4 members (excludes halogenated alkanes) is 5. The second-order valence-corrected chi connectivity index (χ2v) is 6.19. The van der Waals surface area contributed by atoms with E-state index in [-0.39, 0.29) is 38.1 Å². The van der Waals surface area contributed by atoms with Crippen LogP contribution in [0.1, 0.15) is 58.3 Å². The van der Waals surface area contributed by atoms with Crippen molar-refractivity contribution in [1.82, 2.24) is 0 Å². The molecule has 1 unspecified atom stereocenters. The third-order valence-electron chi connectivity index (χ3n) is 3.28. The summed E-state index contributed by atoms with van der Waals surface area (Å²) < 4.78 is 9.60. The second kappa shape index (κ2) is 19.8. The number of aliphatic hydroxyl groups excluding tert-OH is 2. The van der Waals surface area contributed by atoms with Crippen LogP contribution in [0.5, 0.6) is 0 Å². The van der Waals surface area contributed by atoms with E-state index in [1.165, 1.54) is 0 Å². The van der Waals surface area contributed by atoms with Crippen LogP contribution in [0.4, 0.5) is 0 Å². The number of carboxylic acids is 2. The zero-order chi connectivity index (χ0) is 21.8. The molecular formula is C19H34O9. The highest BCUT2D eigenvalue weighted by Gasteiger charge is 2.24. The van der Waals surface area contributed by atoms with E-state index in [2.05, 4.69) is 6.58 Å². The van der Waals surface area contributed by atoms with Crippen molar-refractivity contribution < 1.29 is 44.3 Å². The Morgan fingerprint density at radius 3 is 1.61 bits per heavy atom. The van der Waals surface area contributed by atoms with Gasteiger partial charge in [0.15, 0.2) is 0 Å². The third kappa shape index (κ3) is 26.3. The average Bonchev–Trinajstić information content (AvgIpc) is 3.46. The molecule has 0 aliphatic carbocycles. The summed E-state index contributed by atoms with van der Waals surface area (Å²) in [4.78, 5) is 31.0. The van der Waals surface area contributed by atoms with Crippen molar-refractivity contribution in [2.45, 2.75) is 64.4 Å². The summed E-state index contributed by atoms with van der Waals surface area (Å²) in [7, 11) is 0. The summed E-state index contributed by atoms with van der Waals surface area (Å²) >= 11 is 0. The summed E-state index contributed by atoms with van der Waals surface area (Å²) in [5, 5.41) is 32.0. The highest BCUT2D eigenvalue weighted by molar-refractivity contribution is 5.86. The molecule has 1 rings (SSSR count). The molecule has 28 heavy (non-hydrogen) atoms. The lowest BCUT2D eigenvalue weighted by molar-refractivity contribution is -0.139. The topological polar surface area (TPSA) is 154 Å². The number of esters is 1. The second-order valence-electron chi connectivity index (χ2n) is 6.19. The minimum absolute atomic E-state index is 0.125. The first-order valence-corrected chi connectivity index (χ1v) is 9.34. The number of hydrogen-bond acceptors (Lipinski definition) is 7. The summed E-state index contributed by atoms with van der Waals surface area (Å²) in [6.07, 6.45) is 5.97. The SMILES string of the molecule is C=C(C)C(=O)OCC1CO1.O=C(O)CCCCCCCCC(=O)O.OCCO. The highest BCUT2D eigenvalue weighted by Crippen LogP contribution is 2.09. The fraction of sp³-hybridized carbons (Fsp3) is 0.737. The summed E-state index contributed by atoms with van der Waals surface area (Å²) in [5.74, 6) is -1.82. The predicted molar refractivity (Wildman–Crippen MR) is 102 cm³/mol. The van der Waals surface area contributed by atoms with Gasteiger partial charge in [-0.15, -0.1) is 0 Å². The van der Waals surface area contributed by atoms with Crippen molar-refractivity contribution >= 4 is 17.9 Å². The molecular weight excluding hydrogens is 372 g/mol. The predicted octanol–water partition coefficient (Wildman–Crippen LogP) is 1.75. The Morgan fingerprint density at radius 1 is 0.929 bits per heavy atom. The Morgan fingerprint density at radius 2 is 1.32 bits per heavy atom. The van der Waals surface area contributed by atoms with Gasteiger partial charge >= 0.3 is 17.9 Å². The number of carboxylic acid groups (broad SMARTS) is 2. The molecule has 0 aromatic carbocycles. The number of aliphatic carboxylic acids is 2. The third-order valence-corrected chi connectivity index (χ3v) is 3.28. The maximum absolute atomic E-state index is 10.7. The molecule has 0 saturated carbocycles. The van der Waals surface area contributed by atoms with Crippen molar-refractivity contribution in [1.29, 1.82) is 0 Å². The van der Waals surface area contributed by atoms with Gasteiger partial charge in [-0.3, -0.25) is 9.59 Å². The van der Waals surface area contributed by atoms with Crippen molar-refractivity contribution in [2.75, 3.05) is 26.4 Å². The standard InChI is InChI=1S/C10H18O4.C7H10O3.C2H6O2/c11-9(12)7-5-3-1-2-4-6-8-10(13)14;1-5(2)7(8)10-4-6-3-9-6;3-1-2-4/h1-8H2,(H,11,12)(H,13,14);6H,1,3-4H2,2H3;3-4H,1-2H2. The van der Waals surface area contributed by atoms with Crippen LogP contribution in [-0.2, 0) is 23.9 Å². The van der Waals surface area contributed by atoms with Gasteiger partial charge in [-0.05, 0) is 19.8 Å². The van der Waals surface area contributed by atoms with Gasteiger partial charge in [0, 0.05) is 18.4 Å². The number of epoxide rings is 1. The van der Waals surface area contributed by atoms with Gasteiger partial charge in [0.2, 0.25) is 0 Å². The minimum atomic E-state index is -0.740. The zero-order valence-corrected chi connectivity index (χ0v) is 16.6. The first kappa shape index (κ1) is 28.2. The van der Waals surface area contributed by atoms with E-state index in [4.69, 9.17) is 29.9 Å². The molecule has 1 heterocycles. The Kier molecular flexibility index (Phi) is 20.0. The molecule has 9 nitrogen and oxygen atoms in total. The maximum atomic E-state index is 10.7. The minimum Gasteiger partial charge on any atom is -0.481 e. The molecule has 0 amide bonds. The smallest absolute Gasteiger partial charge is 0.333 e. The summed E-state index contributed by atoms with van der Waals surface area (Å²) in [6.45, 7) is 5.89. The lowest BCUT2D eigenvalue weighted by atomic mass is 10.1. The molecule has 1 saturated heterocycles. The van der Waals surface area contributed by atoms with Gasteiger partial charge in [-0.25, -0.2) is 4.79 Å². The van der Waals surface area contributed by atoms with Crippen molar-refractivity contribution in [3.8, 4) is 0 Å². The summed E-state index contributed by atoms with van der Waals surface area (Å²) in [5.41, 5.74) is 0.431. The van der Waals surface area contributed by atoms with E-state index >= 15 is 0 Å². The van der Waals surface area contributed by atoms with Crippen LogP contribution >= 0.6 is 0 Å². The lowest BCUT2D eigenvalue weighted by Crippen LogP contribution is -2.09. The molecule has 4 N–H and O–H groups in total. The van der Waals surface area contributed by atoms with Gasteiger partial charge in [0.1, 0.15) is 12.7 Å². The number of ether oxygens (including phenoxy) is 2. The largest absolute Gasteiger partial charge is 0.481 e. The molecule has 0 spiro atoms. The van der Waals surface area contributed by atoms with Gasteiger partial charge in [0.05, 0.1) is 19.8 Å². The molecule has 164 valence electrons. The zero-order valence-electron chi connectivity index (χ0n) is 16.6. The molecule has 1 atom stereocenters. The average molecular weight is 406 g/mol. The first-order chi connectivity index (χ1) is 13.2. The fourth-order valence-electron chi connectivity index (χ4n) is 1.72. The normalized spacial score (nSPS) is 13.9. The molecule has 9 heteroatoms. The van der Waals surface area contributed by atoms with Crippen LogP contribution in [0.3, 0.4) is 0 Å². The monoisotopic (exact) mass is 406 g/mol. The maximum Gasteiger partial charge on any atom is 0.333 e. The molecule has 1 aliphatic rings. The fourth-order valence-corrected chi connectivity index (χ4v) is 1.72. The van der Waals surface area contributed by atoms with Crippen LogP contribution in [0.25, 0.3) is 0 Å².